The summed E-state index contributed by atoms with van der Waals surface area (Å²) in [6, 6.07) is 7.21. The molecule has 0 saturated carbocycles. The lowest BCUT2D eigenvalue weighted by molar-refractivity contribution is 0.411. The Bertz CT molecular complexity index is 479. The van der Waals surface area contributed by atoms with Gasteiger partial charge in [0.1, 0.15) is 11.4 Å². The van der Waals surface area contributed by atoms with Crippen molar-refractivity contribution in [2.45, 2.75) is 0 Å². The summed E-state index contributed by atoms with van der Waals surface area (Å²) in [5.74, 6) is 0.622. The van der Waals surface area contributed by atoms with Crippen LogP contribution in [-0.4, -0.2) is 12.3 Å². The first kappa shape index (κ1) is 9.39. The zero-order chi connectivity index (χ0) is 10.7. The molecule has 1 aromatic carbocycles. The van der Waals surface area contributed by atoms with Crippen LogP contribution in [-0.2, 0) is 0 Å². The van der Waals surface area contributed by atoms with Gasteiger partial charge < -0.3 is 9.26 Å². The standard InChI is InChI=1S/C10H8N2O3/c1-14-9-5-3-2-4-7(9)10-8(11-13)6-15-12-10/h2-6H,1H3. The van der Waals surface area contributed by atoms with Gasteiger partial charge in [0.05, 0.1) is 7.11 Å². The Hall–Kier alpha value is -2.17. The van der Waals surface area contributed by atoms with E-state index in [1.54, 1.807) is 19.2 Å². The van der Waals surface area contributed by atoms with Gasteiger partial charge in [0.15, 0.2) is 12.0 Å². The molecular weight excluding hydrogens is 196 g/mol. The van der Waals surface area contributed by atoms with Crippen molar-refractivity contribution in [1.29, 1.82) is 0 Å². The van der Waals surface area contributed by atoms with Crippen molar-refractivity contribution in [3.05, 3.63) is 35.4 Å². The number of rotatable bonds is 3. The first-order chi connectivity index (χ1) is 7.36. The summed E-state index contributed by atoms with van der Waals surface area (Å²) in [5, 5.41) is 6.54. The number of methoxy groups -OCH3 is 1. The van der Waals surface area contributed by atoms with E-state index < -0.39 is 0 Å². The van der Waals surface area contributed by atoms with E-state index in [1.165, 1.54) is 6.26 Å². The van der Waals surface area contributed by atoms with Gasteiger partial charge >= 0.3 is 0 Å². The average molecular weight is 204 g/mol. The van der Waals surface area contributed by atoms with Gasteiger partial charge in [-0.15, -0.1) is 4.91 Å². The summed E-state index contributed by atoms with van der Waals surface area (Å²) >= 11 is 0. The molecule has 0 saturated heterocycles. The molecule has 0 atom stereocenters. The van der Waals surface area contributed by atoms with Crippen molar-refractivity contribution >= 4 is 5.69 Å². The number of para-hydroxylation sites is 1. The highest BCUT2D eigenvalue weighted by Gasteiger charge is 2.14. The molecule has 15 heavy (non-hydrogen) atoms. The number of nitroso groups, excluding NO2 is 1. The molecule has 0 bridgehead atoms. The van der Waals surface area contributed by atoms with Crippen LogP contribution in [0.5, 0.6) is 5.75 Å². The molecule has 0 fully saturated rings. The molecule has 76 valence electrons. The summed E-state index contributed by atoms with van der Waals surface area (Å²) in [5.41, 5.74) is 1.24. The van der Waals surface area contributed by atoms with Crippen LogP contribution in [0.15, 0.2) is 40.2 Å². The van der Waals surface area contributed by atoms with Crippen LogP contribution in [0, 0.1) is 4.91 Å². The minimum absolute atomic E-state index is 0.166. The molecular formula is C10H8N2O3. The molecule has 2 rings (SSSR count). The maximum absolute atomic E-state index is 10.5. The molecule has 2 aromatic rings. The predicted octanol–water partition coefficient (Wildman–Crippen LogP) is 2.75. The summed E-state index contributed by atoms with van der Waals surface area (Å²) in [6.07, 6.45) is 1.20. The van der Waals surface area contributed by atoms with Crippen molar-refractivity contribution in [1.82, 2.24) is 5.16 Å². The molecule has 0 amide bonds. The quantitative estimate of drug-likeness (QED) is 0.721. The summed E-state index contributed by atoms with van der Waals surface area (Å²) in [6.45, 7) is 0. The summed E-state index contributed by atoms with van der Waals surface area (Å²) < 4.78 is 9.83. The number of hydrogen-bond acceptors (Lipinski definition) is 5. The normalized spacial score (nSPS) is 9.93. The number of benzene rings is 1. The third-order valence-corrected chi connectivity index (χ3v) is 2.01. The largest absolute Gasteiger partial charge is 0.496 e. The van der Waals surface area contributed by atoms with Crippen LogP contribution in [0.4, 0.5) is 5.69 Å². The Balaban J connectivity index is 2.58. The van der Waals surface area contributed by atoms with E-state index >= 15 is 0 Å². The lowest BCUT2D eigenvalue weighted by atomic mass is 10.1. The molecule has 1 aromatic heterocycles. The summed E-state index contributed by atoms with van der Waals surface area (Å²) in [7, 11) is 1.55. The van der Waals surface area contributed by atoms with Crippen LogP contribution in [0.1, 0.15) is 0 Å². The van der Waals surface area contributed by atoms with Crippen LogP contribution in [0.25, 0.3) is 11.3 Å². The highest BCUT2D eigenvalue weighted by atomic mass is 16.5. The average Bonchev–Trinajstić information content (AvgIpc) is 2.76. The maximum atomic E-state index is 10.5. The lowest BCUT2D eigenvalue weighted by Gasteiger charge is -2.04. The van der Waals surface area contributed by atoms with Crippen molar-refractivity contribution in [3.8, 4) is 17.0 Å². The van der Waals surface area contributed by atoms with Crippen LogP contribution >= 0.6 is 0 Å². The van der Waals surface area contributed by atoms with E-state index in [1.807, 2.05) is 12.1 Å². The van der Waals surface area contributed by atoms with Gasteiger partial charge in [0, 0.05) is 5.56 Å². The smallest absolute Gasteiger partial charge is 0.175 e. The van der Waals surface area contributed by atoms with Crippen LogP contribution in [0.2, 0.25) is 0 Å². The molecule has 0 spiro atoms. The highest BCUT2D eigenvalue weighted by molar-refractivity contribution is 5.75. The first-order valence-electron chi connectivity index (χ1n) is 4.28. The SMILES string of the molecule is COc1ccccc1-c1nocc1N=O. The van der Waals surface area contributed by atoms with E-state index in [2.05, 4.69) is 10.3 Å². The van der Waals surface area contributed by atoms with E-state index in [4.69, 9.17) is 9.26 Å². The minimum Gasteiger partial charge on any atom is -0.496 e. The zero-order valence-electron chi connectivity index (χ0n) is 8.01. The third-order valence-electron chi connectivity index (χ3n) is 2.01. The molecule has 5 heteroatoms. The third kappa shape index (κ3) is 1.59. The molecule has 0 aliphatic carbocycles. The fourth-order valence-electron chi connectivity index (χ4n) is 1.32. The monoisotopic (exact) mass is 204 g/mol. The van der Waals surface area contributed by atoms with Crippen LogP contribution < -0.4 is 4.74 Å². The zero-order valence-corrected chi connectivity index (χ0v) is 8.01. The second-order valence-corrected chi connectivity index (χ2v) is 2.84. The Morgan fingerprint density at radius 1 is 1.40 bits per heavy atom. The molecule has 0 N–H and O–H groups in total. The molecule has 1 heterocycles. The molecule has 0 aliphatic rings. The van der Waals surface area contributed by atoms with Crippen molar-refractivity contribution in [3.63, 3.8) is 0 Å². The Morgan fingerprint density at radius 2 is 2.20 bits per heavy atom. The van der Waals surface area contributed by atoms with Crippen molar-refractivity contribution in [2.24, 2.45) is 5.18 Å². The predicted molar refractivity (Wildman–Crippen MR) is 53.9 cm³/mol. The molecule has 0 unspecified atom stereocenters. The van der Waals surface area contributed by atoms with Gasteiger partial charge in [0.2, 0.25) is 0 Å². The van der Waals surface area contributed by atoms with Crippen molar-refractivity contribution in [2.75, 3.05) is 7.11 Å². The van der Waals surface area contributed by atoms with E-state index in [-0.39, 0.29) is 5.69 Å². The van der Waals surface area contributed by atoms with Crippen LogP contribution in [0.3, 0.4) is 0 Å². The van der Waals surface area contributed by atoms with Gasteiger partial charge in [-0.05, 0) is 17.3 Å². The van der Waals surface area contributed by atoms with Gasteiger partial charge in [-0.2, -0.15) is 0 Å². The van der Waals surface area contributed by atoms with E-state index in [0.717, 1.165) is 0 Å². The van der Waals surface area contributed by atoms with Gasteiger partial charge in [-0.3, -0.25) is 0 Å². The van der Waals surface area contributed by atoms with Crippen molar-refractivity contribution < 1.29 is 9.26 Å². The Labute approximate surface area is 85.6 Å². The second kappa shape index (κ2) is 3.91. The van der Waals surface area contributed by atoms with Gasteiger partial charge in [0.25, 0.3) is 0 Å². The number of hydrogen-bond donors (Lipinski definition) is 0. The molecule has 0 aliphatic heterocycles. The first-order valence-corrected chi connectivity index (χ1v) is 4.28. The molecule has 0 radical (unpaired) electrons. The maximum Gasteiger partial charge on any atom is 0.175 e. The minimum atomic E-state index is 0.166. The second-order valence-electron chi connectivity index (χ2n) is 2.84. The number of ether oxygens (including phenoxy) is 1. The fourth-order valence-corrected chi connectivity index (χ4v) is 1.32. The topological polar surface area (TPSA) is 64.7 Å². The lowest BCUT2D eigenvalue weighted by Crippen LogP contribution is -1.87. The van der Waals surface area contributed by atoms with Gasteiger partial charge in [-0.1, -0.05) is 17.3 Å². The summed E-state index contributed by atoms with van der Waals surface area (Å²) in [4.78, 5) is 10.5. The Kier molecular flexibility index (Phi) is 2.45. The number of nitrogens with zero attached hydrogens (tertiary/aromatic N) is 2. The highest BCUT2D eigenvalue weighted by Crippen LogP contribution is 2.34. The Morgan fingerprint density at radius 3 is 2.93 bits per heavy atom. The number of aromatic nitrogens is 1. The molecule has 5 nitrogen and oxygen atoms in total. The van der Waals surface area contributed by atoms with E-state index in [0.29, 0.717) is 17.0 Å². The van der Waals surface area contributed by atoms with E-state index in [9.17, 15) is 4.91 Å². The fraction of sp³-hybridized carbons (Fsp3) is 0.100. The van der Waals surface area contributed by atoms with Gasteiger partial charge in [-0.25, -0.2) is 0 Å².